The van der Waals surface area contributed by atoms with E-state index >= 15 is 0 Å². The molecule has 1 heterocycles. The third-order valence-electron chi connectivity index (χ3n) is 3.01. The zero-order valence-corrected chi connectivity index (χ0v) is 11.5. The van der Waals surface area contributed by atoms with Crippen LogP contribution in [0.15, 0.2) is 30.6 Å². The molecule has 0 saturated carbocycles. The van der Waals surface area contributed by atoms with E-state index in [1.54, 1.807) is 7.05 Å². The minimum atomic E-state index is -0.457. The largest absolute Gasteiger partial charge is 0.367 e. The van der Waals surface area contributed by atoms with Crippen molar-refractivity contribution in [1.29, 1.82) is 0 Å². The molecule has 0 fully saturated rings. The van der Waals surface area contributed by atoms with E-state index in [9.17, 15) is 10.1 Å². The Kier molecular flexibility index (Phi) is 4.24. The van der Waals surface area contributed by atoms with Gasteiger partial charge in [-0.1, -0.05) is 37.6 Å². The molecule has 0 amide bonds. The Labute approximate surface area is 117 Å². The first-order valence-electron chi connectivity index (χ1n) is 6.43. The summed E-state index contributed by atoms with van der Waals surface area (Å²) in [6, 6.07) is 7.67. The molecule has 20 heavy (non-hydrogen) atoms. The van der Waals surface area contributed by atoms with Gasteiger partial charge in [0.2, 0.25) is 5.82 Å². The third kappa shape index (κ3) is 2.74. The number of benzene rings is 1. The Morgan fingerprint density at radius 2 is 1.95 bits per heavy atom. The van der Waals surface area contributed by atoms with Gasteiger partial charge in [-0.05, 0) is 12.0 Å². The molecule has 0 radical (unpaired) electrons. The van der Waals surface area contributed by atoms with E-state index in [1.807, 2.05) is 24.3 Å². The number of nitrogens with one attached hydrogen (secondary N) is 1. The number of nitrogens with zero attached hydrogens (tertiary/aromatic N) is 3. The number of rotatable bonds is 5. The Bertz CT molecular complexity index is 611. The van der Waals surface area contributed by atoms with Gasteiger partial charge in [-0.25, -0.2) is 9.97 Å². The zero-order valence-electron chi connectivity index (χ0n) is 11.5. The molecule has 2 aromatic rings. The van der Waals surface area contributed by atoms with Crippen molar-refractivity contribution in [1.82, 2.24) is 9.97 Å². The Hall–Kier alpha value is -2.50. The topological polar surface area (TPSA) is 81.0 Å². The van der Waals surface area contributed by atoms with Crippen LogP contribution in [0.1, 0.15) is 18.9 Å². The summed E-state index contributed by atoms with van der Waals surface area (Å²) in [5, 5.41) is 14.0. The lowest BCUT2D eigenvalue weighted by Crippen LogP contribution is -2.03. The van der Waals surface area contributed by atoms with Crippen LogP contribution in [0.25, 0.3) is 11.3 Å². The summed E-state index contributed by atoms with van der Waals surface area (Å²) >= 11 is 0. The molecular formula is C14H16N4O2. The molecule has 0 aliphatic rings. The van der Waals surface area contributed by atoms with E-state index in [0.29, 0.717) is 5.69 Å². The molecule has 6 heteroatoms. The fourth-order valence-corrected chi connectivity index (χ4v) is 2.06. The van der Waals surface area contributed by atoms with Crippen molar-refractivity contribution in [2.45, 2.75) is 19.8 Å². The second-order valence-corrected chi connectivity index (χ2v) is 4.37. The molecule has 0 aliphatic heterocycles. The fourth-order valence-electron chi connectivity index (χ4n) is 2.06. The molecule has 2 rings (SSSR count). The lowest BCUT2D eigenvalue weighted by molar-refractivity contribution is -0.383. The van der Waals surface area contributed by atoms with Gasteiger partial charge in [0.25, 0.3) is 0 Å². The van der Waals surface area contributed by atoms with Crippen molar-refractivity contribution in [2.24, 2.45) is 0 Å². The average molecular weight is 272 g/mol. The quantitative estimate of drug-likeness (QED) is 0.668. The number of aryl methyl sites for hydroxylation is 1. The highest BCUT2D eigenvalue weighted by Crippen LogP contribution is 2.32. The molecule has 0 saturated heterocycles. The zero-order chi connectivity index (χ0) is 14.5. The van der Waals surface area contributed by atoms with Gasteiger partial charge in [-0.3, -0.25) is 10.1 Å². The number of hydrogen-bond donors (Lipinski definition) is 1. The van der Waals surface area contributed by atoms with Gasteiger partial charge < -0.3 is 5.32 Å². The summed E-state index contributed by atoms with van der Waals surface area (Å²) in [7, 11) is 1.60. The van der Waals surface area contributed by atoms with Crippen LogP contribution in [0.4, 0.5) is 11.5 Å². The Balaban J connectivity index is 2.49. The average Bonchev–Trinajstić information content (AvgIpc) is 2.47. The van der Waals surface area contributed by atoms with Crippen molar-refractivity contribution in [2.75, 3.05) is 12.4 Å². The summed E-state index contributed by atoms with van der Waals surface area (Å²) in [4.78, 5) is 18.7. The number of aromatic nitrogens is 2. The fraction of sp³-hybridized carbons (Fsp3) is 0.286. The third-order valence-corrected chi connectivity index (χ3v) is 3.01. The molecular weight excluding hydrogens is 256 g/mol. The van der Waals surface area contributed by atoms with Crippen LogP contribution in [-0.4, -0.2) is 21.9 Å². The highest BCUT2D eigenvalue weighted by molar-refractivity contribution is 5.76. The molecule has 0 aliphatic carbocycles. The van der Waals surface area contributed by atoms with E-state index < -0.39 is 4.92 Å². The number of nitro groups is 1. The molecule has 1 N–H and O–H groups in total. The van der Waals surface area contributed by atoms with Crippen molar-refractivity contribution >= 4 is 11.5 Å². The minimum absolute atomic E-state index is 0.0989. The molecule has 0 atom stereocenters. The Morgan fingerprint density at radius 3 is 2.50 bits per heavy atom. The summed E-state index contributed by atoms with van der Waals surface area (Å²) in [5.74, 6) is 0.220. The predicted molar refractivity (Wildman–Crippen MR) is 77.7 cm³/mol. The maximum absolute atomic E-state index is 11.2. The van der Waals surface area contributed by atoms with E-state index in [1.165, 1.54) is 11.9 Å². The second-order valence-electron chi connectivity index (χ2n) is 4.37. The first-order valence-corrected chi connectivity index (χ1v) is 6.43. The molecule has 0 spiro atoms. The molecule has 104 valence electrons. The summed E-state index contributed by atoms with van der Waals surface area (Å²) in [6.45, 7) is 2.11. The highest BCUT2D eigenvalue weighted by atomic mass is 16.6. The van der Waals surface area contributed by atoms with Gasteiger partial charge in [0.05, 0.1) is 4.92 Å². The molecule has 1 aromatic carbocycles. The summed E-state index contributed by atoms with van der Waals surface area (Å²) < 4.78 is 0. The summed E-state index contributed by atoms with van der Waals surface area (Å²) in [5.41, 5.74) is 2.16. The van der Waals surface area contributed by atoms with E-state index in [0.717, 1.165) is 18.4 Å². The lowest BCUT2D eigenvalue weighted by Gasteiger charge is -2.06. The molecule has 6 nitrogen and oxygen atoms in total. The summed E-state index contributed by atoms with van der Waals surface area (Å²) in [6.07, 6.45) is 3.39. The van der Waals surface area contributed by atoms with Crippen LogP contribution >= 0.6 is 0 Å². The molecule has 0 bridgehead atoms. The van der Waals surface area contributed by atoms with Crippen LogP contribution < -0.4 is 5.32 Å². The van der Waals surface area contributed by atoms with Crippen LogP contribution in [0.2, 0.25) is 0 Å². The van der Waals surface area contributed by atoms with Gasteiger partial charge in [0.1, 0.15) is 6.33 Å². The standard InChI is InChI=1S/C14H16N4O2/c1-3-4-10-5-7-11(8-6-10)12-13(18(19)20)14(15-2)17-9-16-12/h5-9H,3-4H2,1-2H3,(H,15,16,17). The number of anilines is 1. The van der Waals surface area contributed by atoms with E-state index in [-0.39, 0.29) is 11.5 Å². The molecule has 0 unspecified atom stereocenters. The first-order chi connectivity index (χ1) is 9.67. The van der Waals surface area contributed by atoms with Gasteiger partial charge in [-0.2, -0.15) is 0 Å². The monoisotopic (exact) mass is 272 g/mol. The minimum Gasteiger partial charge on any atom is -0.367 e. The normalized spacial score (nSPS) is 10.3. The van der Waals surface area contributed by atoms with Gasteiger partial charge in [-0.15, -0.1) is 0 Å². The van der Waals surface area contributed by atoms with E-state index in [4.69, 9.17) is 0 Å². The maximum atomic E-state index is 11.2. The first kappa shape index (κ1) is 13.9. The van der Waals surface area contributed by atoms with Crippen LogP contribution in [-0.2, 0) is 6.42 Å². The Morgan fingerprint density at radius 1 is 1.25 bits per heavy atom. The highest BCUT2D eigenvalue weighted by Gasteiger charge is 2.22. The predicted octanol–water partition coefficient (Wildman–Crippen LogP) is 3.05. The second kappa shape index (κ2) is 6.10. The van der Waals surface area contributed by atoms with Crippen molar-refractivity contribution < 1.29 is 4.92 Å². The maximum Gasteiger partial charge on any atom is 0.337 e. The van der Waals surface area contributed by atoms with Gasteiger partial charge in [0, 0.05) is 12.6 Å². The van der Waals surface area contributed by atoms with Gasteiger partial charge >= 0.3 is 5.69 Å². The van der Waals surface area contributed by atoms with Crippen LogP contribution in [0, 0.1) is 10.1 Å². The van der Waals surface area contributed by atoms with Crippen LogP contribution in [0.3, 0.4) is 0 Å². The lowest BCUT2D eigenvalue weighted by atomic mass is 10.0. The SMILES string of the molecule is CCCc1ccc(-c2ncnc(NC)c2[N+](=O)[O-])cc1. The van der Waals surface area contributed by atoms with Gasteiger partial charge in [0.15, 0.2) is 5.69 Å². The van der Waals surface area contributed by atoms with Crippen molar-refractivity contribution in [3.63, 3.8) is 0 Å². The smallest absolute Gasteiger partial charge is 0.337 e. The van der Waals surface area contributed by atoms with Crippen molar-refractivity contribution in [3.05, 3.63) is 46.3 Å². The molecule has 1 aromatic heterocycles. The van der Waals surface area contributed by atoms with Crippen LogP contribution in [0.5, 0.6) is 0 Å². The van der Waals surface area contributed by atoms with E-state index in [2.05, 4.69) is 22.2 Å². The number of hydrogen-bond acceptors (Lipinski definition) is 5. The van der Waals surface area contributed by atoms with Crippen molar-refractivity contribution in [3.8, 4) is 11.3 Å².